The number of phenolic OH excluding ortho intramolecular Hbond substituents is 2. The third kappa shape index (κ3) is 5.84. The van der Waals surface area contributed by atoms with E-state index in [0.717, 1.165) is 11.1 Å². The van der Waals surface area contributed by atoms with Gasteiger partial charge in [-0.15, -0.1) is 0 Å². The van der Waals surface area contributed by atoms with Gasteiger partial charge in [-0.05, 0) is 42.2 Å². The Bertz CT molecular complexity index is 976. The minimum atomic E-state index is -0.177. The lowest BCUT2D eigenvalue weighted by Gasteiger charge is -2.14. The fourth-order valence-corrected chi connectivity index (χ4v) is 4.26. The highest BCUT2D eigenvalue weighted by atomic mass is 32.2. The Balaban J connectivity index is 1.41. The number of carbonyl (C=O) groups is 2. The zero-order chi connectivity index (χ0) is 21.5. The minimum absolute atomic E-state index is 0.108. The average Bonchev–Trinajstić information content (AvgIpc) is 2.99. The number of aromatic hydroxyl groups is 2. The smallest absolute Gasteiger partial charge is 0.266 e. The first-order valence-corrected chi connectivity index (χ1v) is 10.7. The van der Waals surface area contributed by atoms with Crippen LogP contribution in [0.4, 0.5) is 0 Å². The van der Waals surface area contributed by atoms with Crippen molar-refractivity contribution in [3.05, 3.63) is 64.6 Å². The first kappa shape index (κ1) is 21.9. The molecule has 30 heavy (non-hydrogen) atoms. The number of nitrogens with one attached hydrogen (secondary N) is 1. The topological polar surface area (TPSA) is 89.9 Å². The van der Waals surface area contributed by atoms with E-state index in [0.29, 0.717) is 35.2 Å². The number of thiocarbonyl (C=S) groups is 1. The molecule has 1 saturated heterocycles. The number of benzene rings is 2. The van der Waals surface area contributed by atoms with Crippen LogP contribution in [0.1, 0.15) is 24.0 Å². The summed E-state index contributed by atoms with van der Waals surface area (Å²) < 4.78 is 0.509. The number of carbonyl (C=O) groups excluding carboxylic acids is 2. The molecule has 1 aliphatic rings. The molecule has 2 aromatic rings. The van der Waals surface area contributed by atoms with E-state index in [4.69, 9.17) is 12.2 Å². The van der Waals surface area contributed by atoms with Gasteiger partial charge in [0.05, 0.1) is 4.91 Å². The van der Waals surface area contributed by atoms with Crippen LogP contribution in [0, 0.1) is 0 Å². The van der Waals surface area contributed by atoms with Crippen molar-refractivity contribution in [3.63, 3.8) is 0 Å². The van der Waals surface area contributed by atoms with Crippen molar-refractivity contribution in [2.45, 2.75) is 19.3 Å². The first-order chi connectivity index (χ1) is 14.4. The summed E-state index contributed by atoms with van der Waals surface area (Å²) in [6.07, 6.45) is 3.16. The normalized spacial score (nSPS) is 15.1. The van der Waals surface area contributed by atoms with Crippen LogP contribution in [0.5, 0.6) is 11.5 Å². The Morgan fingerprint density at radius 2 is 1.90 bits per heavy atom. The molecule has 8 heteroatoms. The molecule has 0 radical (unpaired) electrons. The van der Waals surface area contributed by atoms with Crippen LogP contribution in [0.2, 0.25) is 0 Å². The zero-order valence-electron chi connectivity index (χ0n) is 16.2. The van der Waals surface area contributed by atoms with Gasteiger partial charge in [0.15, 0.2) is 11.5 Å². The molecule has 0 bridgehead atoms. The van der Waals surface area contributed by atoms with Gasteiger partial charge in [-0.2, -0.15) is 0 Å². The zero-order valence-corrected chi connectivity index (χ0v) is 17.8. The number of nitrogens with zero attached hydrogens (tertiary/aromatic N) is 1. The molecule has 1 aliphatic heterocycles. The number of rotatable bonds is 8. The molecule has 2 aromatic carbocycles. The lowest BCUT2D eigenvalue weighted by Crippen LogP contribution is -2.31. The Morgan fingerprint density at radius 1 is 1.13 bits per heavy atom. The van der Waals surface area contributed by atoms with Gasteiger partial charge in [-0.25, -0.2) is 0 Å². The highest BCUT2D eigenvalue weighted by molar-refractivity contribution is 8.26. The molecule has 0 atom stereocenters. The molecule has 3 N–H and O–H groups in total. The Kier molecular flexibility index (Phi) is 7.48. The van der Waals surface area contributed by atoms with Crippen molar-refractivity contribution in [1.82, 2.24) is 10.2 Å². The summed E-state index contributed by atoms with van der Waals surface area (Å²) in [5, 5.41) is 21.6. The lowest BCUT2D eigenvalue weighted by molar-refractivity contribution is -0.123. The number of hydrogen-bond donors (Lipinski definition) is 3. The molecular formula is C22H22N2O4S2. The lowest BCUT2D eigenvalue weighted by atomic mass is 10.1. The maximum Gasteiger partial charge on any atom is 0.266 e. The van der Waals surface area contributed by atoms with E-state index in [-0.39, 0.29) is 29.7 Å². The van der Waals surface area contributed by atoms with Gasteiger partial charge >= 0.3 is 0 Å². The van der Waals surface area contributed by atoms with Gasteiger partial charge in [0.2, 0.25) is 5.91 Å². The van der Waals surface area contributed by atoms with Crippen LogP contribution in [0.15, 0.2) is 53.4 Å². The second-order valence-electron chi connectivity index (χ2n) is 6.77. The quantitative estimate of drug-likeness (QED) is 0.330. The molecule has 1 heterocycles. The highest BCUT2D eigenvalue weighted by Crippen LogP contribution is 2.32. The molecular weight excluding hydrogens is 420 g/mol. The maximum atomic E-state index is 12.6. The van der Waals surface area contributed by atoms with Crippen LogP contribution in [-0.4, -0.2) is 44.3 Å². The second-order valence-corrected chi connectivity index (χ2v) is 8.45. The summed E-state index contributed by atoms with van der Waals surface area (Å²) in [5.74, 6) is -0.578. The van der Waals surface area contributed by atoms with Gasteiger partial charge in [-0.3, -0.25) is 14.5 Å². The third-order valence-corrected chi connectivity index (χ3v) is 5.91. The summed E-state index contributed by atoms with van der Waals surface area (Å²) >= 11 is 6.60. The molecule has 1 fully saturated rings. The Hall–Kier alpha value is -2.84. The average molecular weight is 443 g/mol. The fraction of sp³-hybridized carbons (Fsp3) is 0.227. The van der Waals surface area contributed by atoms with Crippen LogP contribution >= 0.6 is 24.0 Å². The maximum absolute atomic E-state index is 12.6. The van der Waals surface area contributed by atoms with E-state index >= 15 is 0 Å². The van der Waals surface area contributed by atoms with Gasteiger partial charge in [-0.1, -0.05) is 60.4 Å². The molecule has 0 unspecified atom stereocenters. The molecule has 0 saturated carbocycles. The summed E-state index contributed by atoms with van der Waals surface area (Å²) in [4.78, 5) is 26.8. The number of amides is 2. The Morgan fingerprint density at radius 3 is 2.63 bits per heavy atom. The van der Waals surface area contributed by atoms with Crippen molar-refractivity contribution in [2.24, 2.45) is 0 Å². The van der Waals surface area contributed by atoms with Crippen molar-refractivity contribution in [2.75, 3.05) is 13.1 Å². The van der Waals surface area contributed by atoms with Crippen molar-refractivity contribution in [3.8, 4) is 11.5 Å². The summed E-state index contributed by atoms with van der Waals surface area (Å²) in [5.41, 5.74) is 1.76. The molecule has 0 aromatic heterocycles. The van der Waals surface area contributed by atoms with Crippen LogP contribution in [0.3, 0.4) is 0 Å². The van der Waals surface area contributed by atoms with Crippen molar-refractivity contribution in [1.29, 1.82) is 0 Å². The summed E-state index contributed by atoms with van der Waals surface area (Å²) in [6, 6.07) is 14.2. The molecule has 0 spiro atoms. The standard InChI is InChI=1S/C22H22N2O4S2/c25-17-9-8-16(13-18(17)26)10-11-23-20(27)7-4-12-24-21(28)19(30-22(24)29)14-15-5-2-1-3-6-15/h1-3,5-6,8-9,13-14,25-26H,4,7,10-12H2,(H,23,27). The summed E-state index contributed by atoms with van der Waals surface area (Å²) in [7, 11) is 0. The monoisotopic (exact) mass is 442 g/mol. The van der Waals surface area contributed by atoms with Gasteiger partial charge in [0.1, 0.15) is 4.32 Å². The van der Waals surface area contributed by atoms with E-state index in [9.17, 15) is 19.8 Å². The van der Waals surface area contributed by atoms with Gasteiger partial charge in [0, 0.05) is 19.5 Å². The molecule has 2 amide bonds. The van der Waals surface area contributed by atoms with Crippen molar-refractivity contribution < 1.29 is 19.8 Å². The summed E-state index contributed by atoms with van der Waals surface area (Å²) in [6.45, 7) is 0.819. The molecule has 6 nitrogen and oxygen atoms in total. The van der Waals surface area contributed by atoms with Crippen LogP contribution in [-0.2, 0) is 16.0 Å². The SMILES string of the molecule is O=C(CCCN1C(=O)C(=Cc2ccccc2)SC1=S)NCCc1ccc(O)c(O)c1. The molecule has 156 valence electrons. The first-order valence-electron chi connectivity index (χ1n) is 9.52. The van der Waals surface area contributed by atoms with Crippen LogP contribution in [0.25, 0.3) is 6.08 Å². The number of thioether (sulfide) groups is 1. The molecule has 0 aliphatic carbocycles. The second kappa shape index (κ2) is 10.3. The minimum Gasteiger partial charge on any atom is -0.504 e. The van der Waals surface area contributed by atoms with E-state index in [1.54, 1.807) is 11.0 Å². The third-order valence-electron chi connectivity index (χ3n) is 4.53. The fourth-order valence-electron chi connectivity index (χ4n) is 2.95. The number of hydrogen-bond acceptors (Lipinski definition) is 6. The predicted molar refractivity (Wildman–Crippen MR) is 122 cm³/mol. The Labute approximate surface area is 184 Å². The highest BCUT2D eigenvalue weighted by Gasteiger charge is 2.31. The molecule has 3 rings (SSSR count). The van der Waals surface area contributed by atoms with E-state index in [1.165, 1.54) is 23.9 Å². The van der Waals surface area contributed by atoms with Gasteiger partial charge in [0.25, 0.3) is 5.91 Å². The largest absolute Gasteiger partial charge is 0.504 e. The predicted octanol–water partition coefficient (Wildman–Crippen LogP) is 3.44. The van der Waals surface area contributed by atoms with Crippen molar-refractivity contribution >= 4 is 46.2 Å². The number of phenols is 2. The van der Waals surface area contributed by atoms with E-state index < -0.39 is 0 Å². The van der Waals surface area contributed by atoms with Gasteiger partial charge < -0.3 is 15.5 Å². The van der Waals surface area contributed by atoms with Crippen LogP contribution < -0.4 is 5.32 Å². The van der Waals surface area contributed by atoms with E-state index in [1.807, 2.05) is 36.4 Å². The van der Waals surface area contributed by atoms with E-state index in [2.05, 4.69) is 5.32 Å².